The molecule has 0 spiro atoms. The highest BCUT2D eigenvalue weighted by Gasteiger charge is 2.56. The highest BCUT2D eigenvalue weighted by Crippen LogP contribution is 2.61. The molecule has 4 saturated carbocycles. The summed E-state index contributed by atoms with van der Waals surface area (Å²) >= 11 is 0. The van der Waals surface area contributed by atoms with Gasteiger partial charge in [-0.2, -0.15) is 10.2 Å². The number of hydrogen-bond donors (Lipinski definition) is 2. The molecule has 1 heterocycles. The van der Waals surface area contributed by atoms with Gasteiger partial charge in [-0.1, -0.05) is 12.1 Å². The molecule has 4 fully saturated rings. The Hall–Kier alpha value is -3.14. The smallest absolute Gasteiger partial charge is 0.348 e. The molecule has 1 amide bonds. The van der Waals surface area contributed by atoms with Gasteiger partial charge in [-0.15, -0.1) is 0 Å². The van der Waals surface area contributed by atoms with Crippen LogP contribution in [-0.2, 0) is 4.79 Å². The van der Waals surface area contributed by atoms with Crippen LogP contribution in [0, 0.1) is 34.5 Å². The number of benzene rings is 1. The Morgan fingerprint density at radius 3 is 2.30 bits per heavy atom. The number of nitrogens with one attached hydrogen (secondary N) is 1. The number of aromatic nitrogens is 2. The van der Waals surface area contributed by atoms with E-state index in [1.54, 1.807) is 30.3 Å². The predicted octanol–water partition coefficient (Wildman–Crippen LogP) is 2.76. The number of primary amides is 1. The van der Waals surface area contributed by atoms with Crippen molar-refractivity contribution in [3.8, 4) is 23.2 Å². The van der Waals surface area contributed by atoms with Gasteiger partial charge in [0.15, 0.2) is 6.10 Å². The van der Waals surface area contributed by atoms with Crippen molar-refractivity contribution >= 4 is 5.91 Å². The summed E-state index contributed by atoms with van der Waals surface area (Å²) in [6.45, 7) is 0. The van der Waals surface area contributed by atoms with Crippen molar-refractivity contribution in [2.45, 2.75) is 44.6 Å². The molecule has 154 valence electrons. The summed E-state index contributed by atoms with van der Waals surface area (Å²) in [5, 5.41) is 8.97. The first-order valence-electron chi connectivity index (χ1n) is 10.5. The topological polar surface area (TPSA) is 122 Å². The molecule has 4 aliphatic carbocycles. The Morgan fingerprint density at radius 1 is 1.17 bits per heavy atom. The molecule has 4 aliphatic rings. The van der Waals surface area contributed by atoms with Crippen molar-refractivity contribution in [2.75, 3.05) is 0 Å². The van der Waals surface area contributed by atoms with Crippen molar-refractivity contribution in [3.05, 3.63) is 46.4 Å². The zero-order chi connectivity index (χ0) is 20.9. The summed E-state index contributed by atoms with van der Waals surface area (Å²) in [6.07, 6.45) is 5.83. The fraction of sp³-hybridized carbons (Fsp3) is 0.478. The third-order valence-corrected chi connectivity index (χ3v) is 7.18. The molecular weight excluding hydrogens is 380 g/mol. The lowest BCUT2D eigenvalue weighted by Gasteiger charge is -2.58. The third kappa shape index (κ3) is 3.26. The van der Waals surface area contributed by atoms with Gasteiger partial charge in [-0.05, 0) is 74.0 Å². The van der Waals surface area contributed by atoms with Crippen LogP contribution in [0.1, 0.15) is 44.1 Å². The Morgan fingerprint density at radius 2 is 1.77 bits per heavy atom. The lowest BCUT2D eigenvalue weighted by molar-refractivity contribution is -0.148. The van der Waals surface area contributed by atoms with E-state index in [4.69, 9.17) is 15.7 Å². The van der Waals surface area contributed by atoms with Crippen LogP contribution < -0.4 is 16.2 Å². The third-order valence-electron chi connectivity index (χ3n) is 7.18. The van der Waals surface area contributed by atoms with Crippen molar-refractivity contribution in [1.29, 1.82) is 5.26 Å². The number of rotatable bonds is 5. The van der Waals surface area contributed by atoms with Crippen LogP contribution in [0.25, 0.3) is 11.3 Å². The van der Waals surface area contributed by atoms with Gasteiger partial charge in [-0.25, -0.2) is 4.79 Å². The molecule has 2 aromatic rings. The van der Waals surface area contributed by atoms with Crippen LogP contribution >= 0.6 is 0 Å². The SMILES string of the molecule is N#Cc1ccc(-c2cc(OC(C(N)=O)C34CC5CC(CC(C5)C3)C4)nc(=O)[nH]2)cc1. The Labute approximate surface area is 174 Å². The van der Waals surface area contributed by atoms with Crippen molar-refractivity contribution < 1.29 is 9.53 Å². The summed E-state index contributed by atoms with van der Waals surface area (Å²) in [4.78, 5) is 31.3. The van der Waals surface area contributed by atoms with E-state index >= 15 is 0 Å². The number of amides is 1. The molecule has 1 atom stereocenters. The number of nitriles is 1. The second-order valence-corrected chi connectivity index (χ2v) is 9.31. The van der Waals surface area contributed by atoms with Crippen LogP contribution in [0.4, 0.5) is 0 Å². The summed E-state index contributed by atoms with van der Waals surface area (Å²) < 4.78 is 6.09. The first-order chi connectivity index (χ1) is 14.4. The molecule has 0 radical (unpaired) electrons. The van der Waals surface area contributed by atoms with Gasteiger partial charge >= 0.3 is 5.69 Å². The van der Waals surface area contributed by atoms with Crippen LogP contribution in [0.5, 0.6) is 5.88 Å². The van der Waals surface area contributed by atoms with Gasteiger partial charge in [0, 0.05) is 11.5 Å². The number of H-pyrrole nitrogens is 1. The first kappa shape index (κ1) is 18.9. The molecule has 6 rings (SSSR count). The monoisotopic (exact) mass is 404 g/mol. The second-order valence-electron chi connectivity index (χ2n) is 9.31. The number of nitrogens with zero attached hydrogens (tertiary/aromatic N) is 2. The van der Waals surface area contributed by atoms with Crippen LogP contribution in [0.15, 0.2) is 35.1 Å². The van der Waals surface area contributed by atoms with Gasteiger partial charge in [0.05, 0.1) is 17.3 Å². The molecule has 1 aromatic heterocycles. The molecule has 4 bridgehead atoms. The number of hydrogen-bond acceptors (Lipinski definition) is 5. The van der Waals surface area contributed by atoms with Crippen molar-refractivity contribution in [1.82, 2.24) is 9.97 Å². The highest BCUT2D eigenvalue weighted by atomic mass is 16.5. The maximum atomic E-state index is 12.5. The van der Waals surface area contributed by atoms with Crippen LogP contribution in [-0.4, -0.2) is 22.0 Å². The van der Waals surface area contributed by atoms with E-state index in [1.165, 1.54) is 19.3 Å². The van der Waals surface area contributed by atoms with E-state index in [-0.39, 0.29) is 11.3 Å². The van der Waals surface area contributed by atoms with Gasteiger partial charge in [0.1, 0.15) is 0 Å². The number of aromatic amines is 1. The standard InChI is InChI=1S/C23H24N4O3/c24-12-13-1-3-17(4-2-13)18-8-19(27-22(29)26-18)30-20(21(25)28)23-9-14-5-15(10-23)7-16(6-14)11-23/h1-4,8,14-16,20H,5-7,9-11H2,(H2,25,28)(H,26,27,29). The van der Waals surface area contributed by atoms with Gasteiger partial charge in [-0.3, -0.25) is 4.79 Å². The Balaban J connectivity index is 1.46. The largest absolute Gasteiger partial charge is 0.463 e. The molecule has 7 heteroatoms. The van der Waals surface area contributed by atoms with E-state index in [9.17, 15) is 9.59 Å². The number of carbonyl (C=O) groups excluding carboxylic acids is 1. The normalized spacial score (nSPS) is 29.9. The van der Waals surface area contributed by atoms with Crippen LogP contribution in [0.2, 0.25) is 0 Å². The number of carbonyl (C=O) groups is 1. The minimum Gasteiger partial charge on any atom is -0.463 e. The van der Waals surface area contributed by atoms with Gasteiger partial charge in [0.2, 0.25) is 5.88 Å². The summed E-state index contributed by atoms with van der Waals surface area (Å²) in [5.41, 5.74) is 6.78. The van der Waals surface area contributed by atoms with Gasteiger partial charge < -0.3 is 15.5 Å². The number of ether oxygens (including phenoxy) is 1. The van der Waals surface area contributed by atoms with E-state index in [2.05, 4.69) is 16.0 Å². The van der Waals surface area contributed by atoms with Crippen LogP contribution in [0.3, 0.4) is 0 Å². The van der Waals surface area contributed by atoms with E-state index in [1.807, 2.05) is 0 Å². The zero-order valence-electron chi connectivity index (χ0n) is 16.6. The van der Waals surface area contributed by atoms with Crippen molar-refractivity contribution in [3.63, 3.8) is 0 Å². The average Bonchev–Trinajstić information content (AvgIpc) is 2.70. The van der Waals surface area contributed by atoms with E-state index in [0.29, 0.717) is 29.0 Å². The predicted molar refractivity (Wildman–Crippen MR) is 109 cm³/mol. The Bertz CT molecular complexity index is 1050. The highest BCUT2D eigenvalue weighted by molar-refractivity contribution is 5.80. The second kappa shape index (κ2) is 6.98. The lowest BCUT2D eigenvalue weighted by Crippen LogP contribution is -2.57. The first-order valence-corrected chi connectivity index (χ1v) is 10.5. The molecule has 1 aromatic carbocycles. The molecule has 0 aliphatic heterocycles. The maximum absolute atomic E-state index is 12.5. The molecule has 3 N–H and O–H groups in total. The molecule has 7 nitrogen and oxygen atoms in total. The fourth-order valence-corrected chi connectivity index (χ4v) is 6.48. The fourth-order valence-electron chi connectivity index (χ4n) is 6.48. The molecule has 1 unspecified atom stereocenters. The minimum atomic E-state index is -0.783. The quantitative estimate of drug-likeness (QED) is 0.793. The zero-order valence-corrected chi connectivity index (χ0v) is 16.6. The van der Waals surface area contributed by atoms with Crippen molar-refractivity contribution in [2.24, 2.45) is 28.9 Å². The summed E-state index contributed by atoms with van der Waals surface area (Å²) in [6, 6.07) is 10.5. The molecule has 30 heavy (non-hydrogen) atoms. The summed E-state index contributed by atoms with van der Waals surface area (Å²) in [5.74, 6) is 1.55. The van der Waals surface area contributed by atoms with E-state index in [0.717, 1.165) is 24.8 Å². The number of nitrogens with two attached hydrogens (primary N) is 1. The molecular formula is C23H24N4O3. The van der Waals surface area contributed by atoms with E-state index < -0.39 is 17.7 Å². The molecule has 0 saturated heterocycles. The lowest BCUT2D eigenvalue weighted by atomic mass is 9.48. The van der Waals surface area contributed by atoms with Gasteiger partial charge in [0.25, 0.3) is 5.91 Å². The summed E-state index contributed by atoms with van der Waals surface area (Å²) in [7, 11) is 0. The average molecular weight is 404 g/mol. The maximum Gasteiger partial charge on any atom is 0.348 e. The Kier molecular flexibility index (Phi) is 4.39. The minimum absolute atomic E-state index is 0.109.